The summed E-state index contributed by atoms with van der Waals surface area (Å²) < 4.78 is 0. The predicted molar refractivity (Wildman–Crippen MR) is 48.6 cm³/mol. The van der Waals surface area contributed by atoms with Crippen molar-refractivity contribution in [3.8, 4) is 6.07 Å². The Morgan fingerprint density at radius 2 is 2.29 bits per heavy atom. The van der Waals surface area contributed by atoms with Gasteiger partial charge in [-0.15, -0.1) is 0 Å². The summed E-state index contributed by atoms with van der Waals surface area (Å²) in [5.41, 5.74) is -0.431. The van der Waals surface area contributed by atoms with Gasteiger partial charge in [0.25, 0.3) is 0 Å². The van der Waals surface area contributed by atoms with E-state index in [2.05, 4.69) is 6.07 Å². The largest absolute Gasteiger partial charge is 0.273 e. The second-order valence-electron chi connectivity index (χ2n) is 3.41. The van der Waals surface area contributed by atoms with Gasteiger partial charge in [-0.2, -0.15) is 5.26 Å². The van der Waals surface area contributed by atoms with E-state index >= 15 is 0 Å². The van der Waals surface area contributed by atoms with E-state index in [0.717, 1.165) is 0 Å². The molecule has 0 bridgehead atoms. The van der Waals surface area contributed by atoms with Crippen LogP contribution in [0, 0.1) is 17.2 Å². The lowest BCUT2D eigenvalue weighted by atomic mass is 9.81. The van der Waals surface area contributed by atoms with E-state index in [4.69, 9.17) is 10.1 Å². The first-order valence-electron chi connectivity index (χ1n) is 4.37. The van der Waals surface area contributed by atoms with Crippen molar-refractivity contribution < 1.29 is 9.63 Å². The quantitative estimate of drug-likeness (QED) is 0.453. The molecule has 2 aliphatic rings. The maximum absolute atomic E-state index is 11.2. The van der Waals surface area contributed by atoms with Crippen LogP contribution in [-0.2, 0) is 9.63 Å². The molecule has 1 aliphatic carbocycles. The molecule has 4 nitrogen and oxygen atoms in total. The van der Waals surface area contributed by atoms with E-state index in [-0.39, 0.29) is 11.8 Å². The molecule has 1 amide bonds. The Hall–Kier alpha value is -1.60. The van der Waals surface area contributed by atoms with E-state index in [0.29, 0.717) is 6.42 Å². The number of allylic oxidation sites excluding steroid dienone is 2. The molecule has 0 aromatic rings. The third-order valence-corrected chi connectivity index (χ3v) is 2.56. The molecule has 0 atom stereocenters. The second-order valence-corrected chi connectivity index (χ2v) is 3.41. The highest BCUT2D eigenvalue weighted by Crippen LogP contribution is 2.37. The van der Waals surface area contributed by atoms with Crippen LogP contribution in [0.15, 0.2) is 24.3 Å². The van der Waals surface area contributed by atoms with Crippen LogP contribution >= 0.6 is 0 Å². The summed E-state index contributed by atoms with van der Waals surface area (Å²) in [5, 5.41) is 9.99. The molecule has 1 aliphatic heterocycles. The molecule has 0 radical (unpaired) electrons. The highest BCUT2D eigenvalue weighted by Gasteiger charge is 2.49. The Morgan fingerprint density at radius 1 is 1.64 bits per heavy atom. The Bertz CT molecular complexity index is 351. The number of amides is 1. The number of hydrogen-bond donors (Lipinski definition) is 0. The summed E-state index contributed by atoms with van der Waals surface area (Å²) in [7, 11) is 1.47. The van der Waals surface area contributed by atoms with E-state index in [1.165, 1.54) is 12.2 Å². The minimum absolute atomic E-state index is 0.0304. The number of β-lactam (4-membered cyclic amide) rings is 1. The molecule has 2 rings (SSSR count). The summed E-state index contributed by atoms with van der Waals surface area (Å²) in [4.78, 5) is 16.1. The van der Waals surface area contributed by atoms with Crippen LogP contribution in [-0.4, -0.2) is 23.6 Å². The number of carbonyl (C=O) groups is 1. The summed E-state index contributed by atoms with van der Waals surface area (Å²) in [5.74, 6) is -0.216. The standard InChI is InChI=1S/C10H10N2O2/c1-14-12-9(13)6-10(12)4-2-8(7-11)3-5-10/h2-5,8H,6H2,1H3. The van der Waals surface area contributed by atoms with Crippen molar-refractivity contribution in [2.24, 2.45) is 5.92 Å². The summed E-state index contributed by atoms with van der Waals surface area (Å²) in [6, 6.07) is 2.12. The van der Waals surface area contributed by atoms with Gasteiger partial charge in [-0.1, -0.05) is 24.3 Å². The third-order valence-electron chi connectivity index (χ3n) is 2.56. The van der Waals surface area contributed by atoms with Gasteiger partial charge >= 0.3 is 0 Å². The van der Waals surface area contributed by atoms with Crippen molar-refractivity contribution in [2.75, 3.05) is 7.11 Å². The van der Waals surface area contributed by atoms with Crippen LogP contribution in [0.5, 0.6) is 0 Å². The van der Waals surface area contributed by atoms with Crippen LogP contribution in [0.2, 0.25) is 0 Å². The van der Waals surface area contributed by atoms with Crippen molar-refractivity contribution in [2.45, 2.75) is 12.0 Å². The van der Waals surface area contributed by atoms with E-state index in [1.807, 2.05) is 12.2 Å². The number of rotatable bonds is 1. The fraction of sp³-hybridized carbons (Fsp3) is 0.400. The fourth-order valence-corrected chi connectivity index (χ4v) is 1.80. The van der Waals surface area contributed by atoms with Crippen LogP contribution in [0.4, 0.5) is 0 Å². The van der Waals surface area contributed by atoms with Crippen LogP contribution in [0.1, 0.15) is 6.42 Å². The molecule has 1 spiro atoms. The summed E-state index contributed by atoms with van der Waals surface area (Å²) in [6.07, 6.45) is 7.71. The van der Waals surface area contributed by atoms with Crippen LogP contribution in [0.25, 0.3) is 0 Å². The molecule has 1 saturated heterocycles. The topological polar surface area (TPSA) is 53.3 Å². The molecular weight excluding hydrogens is 180 g/mol. The number of hydroxylamine groups is 2. The first-order valence-corrected chi connectivity index (χ1v) is 4.37. The first kappa shape index (κ1) is 8.97. The van der Waals surface area contributed by atoms with Crippen molar-refractivity contribution in [1.29, 1.82) is 5.26 Å². The Morgan fingerprint density at radius 3 is 2.71 bits per heavy atom. The van der Waals surface area contributed by atoms with E-state index in [1.54, 1.807) is 12.2 Å². The SMILES string of the molecule is CON1C(=O)CC12C=CC(C#N)C=C2. The van der Waals surface area contributed by atoms with Gasteiger partial charge in [0.15, 0.2) is 0 Å². The van der Waals surface area contributed by atoms with Crippen molar-refractivity contribution in [3.63, 3.8) is 0 Å². The first-order chi connectivity index (χ1) is 6.72. The maximum atomic E-state index is 11.2. The van der Waals surface area contributed by atoms with Crippen molar-refractivity contribution in [1.82, 2.24) is 5.06 Å². The molecular formula is C10H10N2O2. The number of nitriles is 1. The molecule has 4 heteroatoms. The van der Waals surface area contributed by atoms with Gasteiger partial charge < -0.3 is 0 Å². The number of nitrogens with zero attached hydrogens (tertiary/aromatic N) is 2. The van der Waals surface area contributed by atoms with Crippen molar-refractivity contribution in [3.05, 3.63) is 24.3 Å². The van der Waals surface area contributed by atoms with Crippen LogP contribution in [0.3, 0.4) is 0 Å². The van der Waals surface area contributed by atoms with Gasteiger partial charge in [0.1, 0.15) is 5.54 Å². The summed E-state index contributed by atoms with van der Waals surface area (Å²) >= 11 is 0. The monoisotopic (exact) mass is 190 g/mol. The molecule has 0 saturated carbocycles. The van der Waals surface area contributed by atoms with Crippen molar-refractivity contribution >= 4 is 5.91 Å². The number of hydrogen-bond acceptors (Lipinski definition) is 3. The van der Waals surface area contributed by atoms with E-state index in [9.17, 15) is 4.79 Å². The highest BCUT2D eigenvalue weighted by molar-refractivity contribution is 5.86. The molecule has 1 heterocycles. The van der Waals surface area contributed by atoms with E-state index < -0.39 is 5.54 Å². The minimum Gasteiger partial charge on any atom is -0.273 e. The van der Waals surface area contributed by atoms with Gasteiger partial charge in [-0.05, 0) is 0 Å². The lowest BCUT2D eigenvalue weighted by Crippen LogP contribution is -2.61. The van der Waals surface area contributed by atoms with Gasteiger partial charge in [0.05, 0.1) is 25.5 Å². The predicted octanol–water partition coefficient (Wildman–Crippen LogP) is 0.785. The summed E-state index contributed by atoms with van der Waals surface area (Å²) in [6.45, 7) is 0. The zero-order chi connectivity index (χ0) is 10.2. The number of carbonyl (C=O) groups excluding carboxylic acids is 1. The molecule has 72 valence electrons. The van der Waals surface area contributed by atoms with Gasteiger partial charge in [0.2, 0.25) is 5.91 Å². The zero-order valence-corrected chi connectivity index (χ0v) is 7.80. The molecule has 0 aromatic carbocycles. The molecule has 1 fully saturated rings. The smallest absolute Gasteiger partial charge is 0.250 e. The maximum Gasteiger partial charge on any atom is 0.250 e. The highest BCUT2D eigenvalue weighted by atomic mass is 16.7. The van der Waals surface area contributed by atoms with Crippen LogP contribution < -0.4 is 0 Å². The normalized spacial score (nSPS) is 34.4. The third kappa shape index (κ3) is 1.06. The average molecular weight is 190 g/mol. The molecule has 14 heavy (non-hydrogen) atoms. The lowest BCUT2D eigenvalue weighted by Gasteiger charge is -2.47. The lowest BCUT2D eigenvalue weighted by molar-refractivity contribution is -0.223. The molecule has 0 unspecified atom stereocenters. The Balaban J connectivity index is 2.19. The molecule has 0 aromatic heterocycles. The minimum atomic E-state index is -0.431. The fourth-order valence-electron chi connectivity index (χ4n) is 1.80. The average Bonchev–Trinajstić information content (AvgIpc) is 2.19. The van der Waals surface area contributed by atoms with Gasteiger partial charge in [0, 0.05) is 0 Å². The van der Waals surface area contributed by atoms with Gasteiger partial charge in [-0.25, -0.2) is 5.06 Å². The van der Waals surface area contributed by atoms with Gasteiger partial charge in [-0.3, -0.25) is 9.63 Å². The molecule has 0 N–H and O–H groups in total. The Kier molecular flexibility index (Phi) is 1.90. The second kappa shape index (κ2) is 2.96. The Labute approximate surface area is 82.0 Å². The zero-order valence-electron chi connectivity index (χ0n) is 7.80.